The van der Waals surface area contributed by atoms with E-state index in [-0.39, 0.29) is 31.3 Å². The Balaban J connectivity index is 1.58. The number of carboxylic acids is 1. The second-order valence-electron chi connectivity index (χ2n) is 9.36. The lowest BCUT2D eigenvalue weighted by atomic mass is 9.94. The van der Waals surface area contributed by atoms with Gasteiger partial charge in [-0.05, 0) is 66.4 Å². The van der Waals surface area contributed by atoms with Gasteiger partial charge in [-0.25, -0.2) is 0 Å². The number of benzene rings is 3. The summed E-state index contributed by atoms with van der Waals surface area (Å²) in [5.41, 5.74) is 3.77. The molecule has 0 aliphatic carbocycles. The minimum absolute atomic E-state index is 0.0612. The first-order valence-electron chi connectivity index (χ1n) is 13.6. The first kappa shape index (κ1) is 29.0. The van der Waals surface area contributed by atoms with Crippen molar-refractivity contribution in [3.05, 3.63) is 120 Å². The van der Waals surface area contributed by atoms with E-state index in [0.29, 0.717) is 41.8 Å². The number of nitrogens with zero attached hydrogens (tertiary/aromatic N) is 2. The van der Waals surface area contributed by atoms with Gasteiger partial charge in [-0.15, -0.1) is 0 Å². The molecule has 41 heavy (non-hydrogen) atoms. The van der Waals surface area contributed by atoms with Gasteiger partial charge in [0.05, 0.1) is 25.3 Å². The number of pyridine rings is 1. The van der Waals surface area contributed by atoms with E-state index in [9.17, 15) is 19.5 Å². The monoisotopic (exact) mass is 551 g/mol. The van der Waals surface area contributed by atoms with Crippen molar-refractivity contribution in [1.82, 2.24) is 15.2 Å². The number of aliphatic carboxylic acids is 1. The predicted molar refractivity (Wildman–Crippen MR) is 157 cm³/mol. The van der Waals surface area contributed by atoms with Crippen LogP contribution in [0.2, 0.25) is 0 Å². The number of hydrogen-bond donors (Lipinski definition) is 2. The summed E-state index contributed by atoms with van der Waals surface area (Å²) in [7, 11) is 0. The molecule has 1 heterocycles. The largest absolute Gasteiger partial charge is 0.494 e. The van der Waals surface area contributed by atoms with Crippen LogP contribution < -0.4 is 10.1 Å². The molecule has 3 aromatic carbocycles. The van der Waals surface area contributed by atoms with Crippen LogP contribution in [0.1, 0.15) is 45.3 Å². The third kappa shape index (κ3) is 8.02. The SMILES string of the molecule is CCOc1ccc(CCN(CCC(=O)O)C(=O)c2ccccc2-c2ccccc2C(=O)NCc2ccccn2)cc1. The van der Waals surface area contributed by atoms with Gasteiger partial charge >= 0.3 is 5.97 Å². The molecule has 0 atom stereocenters. The molecule has 0 spiro atoms. The van der Waals surface area contributed by atoms with Crippen LogP contribution in [0.25, 0.3) is 11.1 Å². The number of ether oxygens (including phenoxy) is 1. The molecule has 8 nitrogen and oxygen atoms in total. The normalized spacial score (nSPS) is 10.6. The molecule has 4 rings (SSSR count). The summed E-state index contributed by atoms with van der Waals surface area (Å²) in [4.78, 5) is 44.3. The smallest absolute Gasteiger partial charge is 0.305 e. The van der Waals surface area contributed by atoms with E-state index in [0.717, 1.165) is 17.0 Å². The van der Waals surface area contributed by atoms with E-state index >= 15 is 0 Å². The zero-order chi connectivity index (χ0) is 29.0. The predicted octanol–water partition coefficient (Wildman–Crippen LogP) is 5.24. The van der Waals surface area contributed by atoms with Gasteiger partial charge in [0, 0.05) is 30.4 Å². The highest BCUT2D eigenvalue weighted by Crippen LogP contribution is 2.28. The van der Waals surface area contributed by atoms with Crippen molar-refractivity contribution in [2.24, 2.45) is 0 Å². The van der Waals surface area contributed by atoms with Gasteiger partial charge in [-0.2, -0.15) is 0 Å². The Morgan fingerprint density at radius 3 is 2.15 bits per heavy atom. The van der Waals surface area contributed by atoms with Crippen LogP contribution in [0, 0.1) is 0 Å². The third-order valence-electron chi connectivity index (χ3n) is 6.56. The number of aromatic nitrogens is 1. The van der Waals surface area contributed by atoms with Crippen LogP contribution in [0.5, 0.6) is 5.75 Å². The second-order valence-corrected chi connectivity index (χ2v) is 9.36. The van der Waals surface area contributed by atoms with Gasteiger partial charge in [0.2, 0.25) is 0 Å². The Morgan fingerprint density at radius 1 is 0.829 bits per heavy atom. The Bertz CT molecular complexity index is 1470. The summed E-state index contributed by atoms with van der Waals surface area (Å²) in [5, 5.41) is 12.3. The zero-order valence-corrected chi connectivity index (χ0v) is 23.0. The summed E-state index contributed by atoms with van der Waals surface area (Å²) in [6.07, 6.45) is 2.04. The first-order valence-corrected chi connectivity index (χ1v) is 13.6. The molecule has 0 unspecified atom stereocenters. The highest BCUT2D eigenvalue weighted by Gasteiger charge is 2.22. The van der Waals surface area contributed by atoms with E-state index < -0.39 is 5.97 Å². The average molecular weight is 552 g/mol. The third-order valence-corrected chi connectivity index (χ3v) is 6.56. The van der Waals surface area contributed by atoms with Gasteiger partial charge < -0.3 is 20.1 Å². The molecule has 0 saturated heterocycles. The number of hydrogen-bond acceptors (Lipinski definition) is 5. The van der Waals surface area contributed by atoms with Crippen molar-refractivity contribution >= 4 is 17.8 Å². The van der Waals surface area contributed by atoms with Crippen LogP contribution in [0.3, 0.4) is 0 Å². The van der Waals surface area contributed by atoms with E-state index in [1.165, 1.54) is 0 Å². The van der Waals surface area contributed by atoms with Gasteiger partial charge in [-0.3, -0.25) is 19.4 Å². The fourth-order valence-electron chi connectivity index (χ4n) is 4.49. The number of amides is 2. The molecule has 210 valence electrons. The zero-order valence-electron chi connectivity index (χ0n) is 23.0. The molecule has 0 saturated carbocycles. The quantitative estimate of drug-likeness (QED) is 0.235. The first-order chi connectivity index (χ1) is 20.0. The molecule has 0 aliphatic heterocycles. The lowest BCUT2D eigenvalue weighted by Crippen LogP contribution is -2.35. The lowest BCUT2D eigenvalue weighted by molar-refractivity contribution is -0.137. The topological polar surface area (TPSA) is 109 Å². The maximum Gasteiger partial charge on any atom is 0.305 e. The highest BCUT2D eigenvalue weighted by molar-refractivity contribution is 6.06. The lowest BCUT2D eigenvalue weighted by Gasteiger charge is -2.24. The summed E-state index contributed by atoms with van der Waals surface area (Å²) in [6.45, 7) is 3.16. The fraction of sp³-hybridized carbons (Fsp3) is 0.212. The van der Waals surface area contributed by atoms with Gasteiger partial charge in [0.1, 0.15) is 5.75 Å². The molecule has 4 aromatic rings. The summed E-state index contributed by atoms with van der Waals surface area (Å²) < 4.78 is 5.51. The van der Waals surface area contributed by atoms with Crippen molar-refractivity contribution in [3.8, 4) is 16.9 Å². The molecule has 0 bridgehead atoms. The number of carbonyl (C=O) groups excluding carboxylic acids is 2. The molecule has 0 fully saturated rings. The Labute approximate surface area is 239 Å². The van der Waals surface area contributed by atoms with E-state index in [1.807, 2.05) is 67.6 Å². The van der Waals surface area contributed by atoms with Crippen molar-refractivity contribution < 1.29 is 24.2 Å². The minimum Gasteiger partial charge on any atom is -0.494 e. The van der Waals surface area contributed by atoms with Crippen molar-refractivity contribution in [3.63, 3.8) is 0 Å². The molecule has 0 aliphatic rings. The Kier molecular flexibility index (Phi) is 10.2. The molecule has 2 N–H and O–H groups in total. The van der Waals surface area contributed by atoms with Crippen molar-refractivity contribution in [1.29, 1.82) is 0 Å². The summed E-state index contributed by atoms with van der Waals surface area (Å²) in [5.74, 6) is -0.790. The van der Waals surface area contributed by atoms with Crippen LogP contribution in [-0.4, -0.2) is 52.5 Å². The standard InChI is InChI=1S/C33H33N3O5/c1-2-41-26-16-14-24(15-17-26)18-21-36(22-19-31(37)38)33(40)30-13-6-4-11-28(30)27-10-3-5-12-29(27)32(39)35-23-25-9-7-8-20-34-25/h3-17,20H,2,18-19,21-23H2,1H3,(H,35,39)(H,37,38). The highest BCUT2D eigenvalue weighted by atomic mass is 16.5. The van der Waals surface area contributed by atoms with E-state index in [2.05, 4.69) is 10.3 Å². The maximum atomic E-state index is 13.9. The van der Waals surface area contributed by atoms with Crippen LogP contribution >= 0.6 is 0 Å². The summed E-state index contributed by atoms with van der Waals surface area (Å²) in [6, 6.07) is 27.4. The van der Waals surface area contributed by atoms with Gasteiger partial charge in [-0.1, -0.05) is 54.6 Å². The molecular weight excluding hydrogens is 518 g/mol. The number of nitrogens with one attached hydrogen (secondary N) is 1. The van der Waals surface area contributed by atoms with Gasteiger partial charge in [0.25, 0.3) is 11.8 Å². The second kappa shape index (κ2) is 14.4. The Hall–Kier alpha value is -4.98. The molecular formula is C33H33N3O5. The number of carboxylic acid groups (broad SMARTS) is 1. The number of rotatable bonds is 13. The van der Waals surface area contributed by atoms with Crippen molar-refractivity contribution in [2.45, 2.75) is 26.3 Å². The average Bonchev–Trinajstić information content (AvgIpc) is 3.01. The molecule has 2 amide bonds. The molecule has 0 radical (unpaired) electrons. The number of carbonyl (C=O) groups is 3. The van der Waals surface area contributed by atoms with Crippen LogP contribution in [-0.2, 0) is 17.8 Å². The molecule has 1 aromatic heterocycles. The van der Waals surface area contributed by atoms with Crippen LogP contribution in [0.4, 0.5) is 0 Å². The molecule has 8 heteroatoms. The fourth-order valence-corrected chi connectivity index (χ4v) is 4.49. The summed E-state index contributed by atoms with van der Waals surface area (Å²) >= 11 is 0. The van der Waals surface area contributed by atoms with E-state index in [4.69, 9.17) is 4.74 Å². The van der Waals surface area contributed by atoms with Crippen LogP contribution in [0.15, 0.2) is 97.2 Å². The maximum absolute atomic E-state index is 13.9. The van der Waals surface area contributed by atoms with Gasteiger partial charge in [0.15, 0.2) is 0 Å². The Morgan fingerprint density at radius 2 is 1.49 bits per heavy atom. The minimum atomic E-state index is -0.980. The van der Waals surface area contributed by atoms with E-state index in [1.54, 1.807) is 41.4 Å². The van der Waals surface area contributed by atoms with Crippen molar-refractivity contribution in [2.75, 3.05) is 19.7 Å².